The van der Waals surface area contributed by atoms with Crippen LogP contribution in [0.15, 0.2) is 16.7 Å². The molecular weight excluding hydrogens is 234 g/mol. The van der Waals surface area contributed by atoms with E-state index in [4.69, 9.17) is 4.42 Å². The minimum absolute atomic E-state index is 0.167. The lowest BCUT2D eigenvalue weighted by Crippen LogP contribution is -2.59. The molecule has 1 aliphatic rings. The Balaban J connectivity index is 2.21. The fraction of sp³-hybridized carbons (Fsp3) is 0.500. The normalized spacial score (nSPS) is 19.7. The molecule has 0 aromatic carbocycles. The van der Waals surface area contributed by atoms with Gasteiger partial charge in [-0.15, -0.1) is 0 Å². The van der Waals surface area contributed by atoms with Crippen LogP contribution in [-0.2, 0) is 4.79 Å². The molecular formula is C12H17N3O3. The molecule has 98 valence electrons. The van der Waals surface area contributed by atoms with Crippen LogP contribution in [0, 0.1) is 6.92 Å². The van der Waals surface area contributed by atoms with Gasteiger partial charge in [-0.3, -0.25) is 9.59 Å². The second-order valence-corrected chi connectivity index (χ2v) is 4.27. The average Bonchev–Trinajstić information content (AvgIpc) is 2.83. The summed E-state index contributed by atoms with van der Waals surface area (Å²) in [6, 6.07) is 1.25. The SMILES string of the molecule is CNC(=O)C1CNCCN1C(=O)c1occc1C. The Morgan fingerprint density at radius 3 is 2.94 bits per heavy atom. The van der Waals surface area contributed by atoms with Crippen LogP contribution in [0.2, 0.25) is 0 Å². The summed E-state index contributed by atoms with van der Waals surface area (Å²) in [5.41, 5.74) is 0.786. The third-order valence-electron chi connectivity index (χ3n) is 3.11. The predicted molar refractivity (Wildman–Crippen MR) is 65.2 cm³/mol. The molecule has 0 bridgehead atoms. The number of piperazine rings is 1. The largest absolute Gasteiger partial charge is 0.459 e. The van der Waals surface area contributed by atoms with Crippen LogP contribution >= 0.6 is 0 Å². The molecule has 18 heavy (non-hydrogen) atoms. The molecule has 1 atom stereocenters. The van der Waals surface area contributed by atoms with E-state index in [1.165, 1.54) is 6.26 Å². The van der Waals surface area contributed by atoms with Gasteiger partial charge in [-0.1, -0.05) is 0 Å². The predicted octanol–water partition coefficient (Wildman–Crippen LogP) is -0.252. The van der Waals surface area contributed by atoms with Crippen molar-refractivity contribution in [1.82, 2.24) is 15.5 Å². The summed E-state index contributed by atoms with van der Waals surface area (Å²) in [7, 11) is 1.57. The molecule has 1 unspecified atom stereocenters. The molecule has 2 heterocycles. The number of nitrogens with zero attached hydrogens (tertiary/aromatic N) is 1. The maximum absolute atomic E-state index is 12.3. The molecule has 0 radical (unpaired) electrons. The number of rotatable bonds is 2. The maximum atomic E-state index is 12.3. The topological polar surface area (TPSA) is 74.6 Å². The lowest BCUT2D eigenvalue weighted by molar-refractivity contribution is -0.125. The van der Waals surface area contributed by atoms with E-state index in [1.54, 1.807) is 18.0 Å². The Hall–Kier alpha value is -1.82. The molecule has 2 N–H and O–H groups in total. The standard InChI is InChI=1S/C12H17N3O3/c1-8-3-6-18-10(8)12(17)15-5-4-14-7-9(15)11(16)13-2/h3,6,9,14H,4-5,7H2,1-2H3,(H,13,16). The minimum Gasteiger partial charge on any atom is -0.459 e. The van der Waals surface area contributed by atoms with Crippen molar-refractivity contribution in [3.8, 4) is 0 Å². The zero-order chi connectivity index (χ0) is 13.1. The Bertz CT molecular complexity index is 455. The molecule has 0 saturated carbocycles. The van der Waals surface area contributed by atoms with Crippen LogP contribution in [0.3, 0.4) is 0 Å². The van der Waals surface area contributed by atoms with Crippen LogP contribution in [0.25, 0.3) is 0 Å². The third kappa shape index (κ3) is 2.24. The number of carbonyl (C=O) groups is 2. The molecule has 1 fully saturated rings. The van der Waals surface area contributed by atoms with E-state index in [0.29, 0.717) is 25.4 Å². The molecule has 0 aliphatic carbocycles. The van der Waals surface area contributed by atoms with E-state index in [1.807, 2.05) is 6.92 Å². The van der Waals surface area contributed by atoms with Crippen LogP contribution in [0.4, 0.5) is 0 Å². The van der Waals surface area contributed by atoms with Gasteiger partial charge in [0, 0.05) is 32.2 Å². The zero-order valence-electron chi connectivity index (χ0n) is 10.5. The van der Waals surface area contributed by atoms with E-state index >= 15 is 0 Å². The van der Waals surface area contributed by atoms with Crippen molar-refractivity contribution in [2.24, 2.45) is 0 Å². The summed E-state index contributed by atoms with van der Waals surface area (Å²) in [6.45, 7) is 3.45. The lowest BCUT2D eigenvalue weighted by atomic mass is 10.1. The molecule has 6 nitrogen and oxygen atoms in total. The third-order valence-corrected chi connectivity index (χ3v) is 3.11. The zero-order valence-corrected chi connectivity index (χ0v) is 10.5. The van der Waals surface area contributed by atoms with Crippen LogP contribution in [-0.4, -0.2) is 49.4 Å². The molecule has 1 aromatic heterocycles. The molecule has 2 amide bonds. The fourth-order valence-electron chi connectivity index (χ4n) is 2.07. The first-order chi connectivity index (χ1) is 8.65. The summed E-state index contributed by atoms with van der Waals surface area (Å²) in [4.78, 5) is 25.7. The van der Waals surface area contributed by atoms with Gasteiger partial charge >= 0.3 is 0 Å². The Morgan fingerprint density at radius 2 is 2.33 bits per heavy atom. The number of carbonyl (C=O) groups excluding carboxylic acids is 2. The smallest absolute Gasteiger partial charge is 0.290 e. The van der Waals surface area contributed by atoms with Gasteiger partial charge in [0.15, 0.2) is 5.76 Å². The summed E-state index contributed by atoms with van der Waals surface area (Å²) in [5.74, 6) is -0.0850. The second kappa shape index (κ2) is 5.22. The second-order valence-electron chi connectivity index (χ2n) is 4.27. The number of furan rings is 1. The molecule has 1 saturated heterocycles. The Kier molecular flexibility index (Phi) is 3.66. The molecule has 1 aliphatic heterocycles. The highest BCUT2D eigenvalue weighted by atomic mass is 16.3. The Morgan fingerprint density at radius 1 is 1.56 bits per heavy atom. The quantitative estimate of drug-likeness (QED) is 0.760. The summed E-state index contributed by atoms with van der Waals surface area (Å²) < 4.78 is 5.20. The van der Waals surface area contributed by atoms with Gasteiger partial charge in [0.05, 0.1) is 6.26 Å². The van der Waals surface area contributed by atoms with Crippen molar-refractivity contribution < 1.29 is 14.0 Å². The first kappa shape index (κ1) is 12.6. The highest BCUT2D eigenvalue weighted by Crippen LogP contribution is 2.15. The summed E-state index contributed by atoms with van der Waals surface area (Å²) >= 11 is 0. The van der Waals surface area contributed by atoms with Crippen molar-refractivity contribution >= 4 is 11.8 Å². The number of hydrogen-bond donors (Lipinski definition) is 2. The minimum atomic E-state index is -0.485. The van der Waals surface area contributed by atoms with Crippen LogP contribution in [0.5, 0.6) is 0 Å². The van der Waals surface area contributed by atoms with Gasteiger partial charge in [-0.2, -0.15) is 0 Å². The molecule has 0 spiro atoms. The number of nitrogens with one attached hydrogen (secondary N) is 2. The highest BCUT2D eigenvalue weighted by Gasteiger charge is 2.33. The molecule has 2 rings (SSSR count). The number of aryl methyl sites for hydroxylation is 1. The number of amides is 2. The van der Waals surface area contributed by atoms with Crippen LogP contribution < -0.4 is 10.6 Å². The van der Waals surface area contributed by atoms with Crippen molar-refractivity contribution in [3.05, 3.63) is 23.7 Å². The van der Waals surface area contributed by atoms with Crippen LogP contribution in [0.1, 0.15) is 16.1 Å². The molecule has 1 aromatic rings. The maximum Gasteiger partial charge on any atom is 0.290 e. The molecule has 6 heteroatoms. The van der Waals surface area contributed by atoms with E-state index in [-0.39, 0.29) is 11.8 Å². The van der Waals surface area contributed by atoms with Crippen molar-refractivity contribution in [3.63, 3.8) is 0 Å². The van der Waals surface area contributed by atoms with Gasteiger partial charge in [0.1, 0.15) is 6.04 Å². The monoisotopic (exact) mass is 251 g/mol. The van der Waals surface area contributed by atoms with Gasteiger partial charge in [0.25, 0.3) is 5.91 Å². The van der Waals surface area contributed by atoms with Gasteiger partial charge in [0.2, 0.25) is 5.91 Å². The average molecular weight is 251 g/mol. The van der Waals surface area contributed by atoms with E-state index in [2.05, 4.69) is 10.6 Å². The first-order valence-electron chi connectivity index (χ1n) is 5.92. The Labute approximate surface area is 105 Å². The fourth-order valence-corrected chi connectivity index (χ4v) is 2.07. The van der Waals surface area contributed by atoms with E-state index in [9.17, 15) is 9.59 Å². The van der Waals surface area contributed by atoms with Gasteiger partial charge in [-0.25, -0.2) is 0 Å². The first-order valence-corrected chi connectivity index (χ1v) is 5.92. The summed E-state index contributed by atoms with van der Waals surface area (Å²) in [6.07, 6.45) is 1.49. The number of likely N-dealkylation sites (N-methyl/N-ethyl adjacent to an activating group) is 1. The van der Waals surface area contributed by atoms with Gasteiger partial charge < -0.3 is 20.0 Å². The van der Waals surface area contributed by atoms with Gasteiger partial charge in [-0.05, 0) is 13.0 Å². The number of hydrogen-bond acceptors (Lipinski definition) is 4. The highest BCUT2D eigenvalue weighted by molar-refractivity contribution is 5.96. The summed E-state index contributed by atoms with van der Waals surface area (Å²) in [5, 5.41) is 5.69. The van der Waals surface area contributed by atoms with E-state index < -0.39 is 6.04 Å². The van der Waals surface area contributed by atoms with Crippen molar-refractivity contribution in [2.45, 2.75) is 13.0 Å². The lowest BCUT2D eigenvalue weighted by Gasteiger charge is -2.34. The van der Waals surface area contributed by atoms with Crippen molar-refractivity contribution in [2.75, 3.05) is 26.7 Å². The van der Waals surface area contributed by atoms with Crippen molar-refractivity contribution in [1.29, 1.82) is 0 Å². The van der Waals surface area contributed by atoms with E-state index in [0.717, 1.165) is 5.56 Å².